The minimum absolute atomic E-state index is 0.438. The zero-order valence-electron chi connectivity index (χ0n) is 30.0. The first kappa shape index (κ1) is 32.5. The highest BCUT2D eigenvalue weighted by atomic mass is 19.1. The van der Waals surface area contributed by atoms with Crippen molar-refractivity contribution in [2.75, 3.05) is 9.80 Å². The molecule has 0 fully saturated rings. The van der Waals surface area contributed by atoms with Gasteiger partial charge in [0.1, 0.15) is 6.67 Å². The Kier molecular flexibility index (Phi) is 8.44. The molecule has 0 heterocycles. The Labute approximate surface area is 300 Å². The number of alkyl halides is 1. The molecule has 8 aromatic carbocycles. The molecule has 0 aliphatic rings. The number of nitrogens with zero attached hydrogens (tertiary/aromatic N) is 2. The van der Waals surface area contributed by atoms with E-state index in [1.807, 2.05) is 24.3 Å². The molecule has 8 aromatic rings. The van der Waals surface area contributed by atoms with Crippen LogP contribution < -0.4 is 9.80 Å². The Hall–Kier alpha value is -5.67. The lowest BCUT2D eigenvalue weighted by molar-refractivity contribution is 0.485. The molecule has 3 heteroatoms. The van der Waals surface area contributed by atoms with Crippen LogP contribution in [0, 0.1) is 6.92 Å². The van der Waals surface area contributed by atoms with Gasteiger partial charge in [0.25, 0.3) is 0 Å². The third kappa shape index (κ3) is 5.87. The summed E-state index contributed by atoms with van der Waals surface area (Å²) in [5, 5.41) is 7.29. The smallest absolute Gasteiger partial charge is 0.115 e. The van der Waals surface area contributed by atoms with Crippen LogP contribution in [0.1, 0.15) is 61.8 Å². The van der Waals surface area contributed by atoms with E-state index < -0.39 is 6.67 Å². The number of anilines is 6. The molecule has 0 bridgehead atoms. The van der Waals surface area contributed by atoms with Gasteiger partial charge in [0, 0.05) is 33.5 Å². The van der Waals surface area contributed by atoms with Gasteiger partial charge in [-0.05, 0) is 118 Å². The van der Waals surface area contributed by atoms with E-state index in [1.165, 1.54) is 49.0 Å². The summed E-state index contributed by atoms with van der Waals surface area (Å²) in [6.45, 7) is 10.6. The van der Waals surface area contributed by atoms with E-state index in [4.69, 9.17) is 0 Å². The summed E-state index contributed by atoms with van der Waals surface area (Å²) in [7, 11) is 0. The molecular weight excluding hydrogens is 624 g/mol. The van der Waals surface area contributed by atoms with Crippen LogP contribution in [0.2, 0.25) is 0 Å². The molecule has 0 unspecified atom stereocenters. The lowest BCUT2D eigenvalue weighted by Crippen LogP contribution is -2.11. The van der Waals surface area contributed by atoms with Gasteiger partial charge in [-0.2, -0.15) is 0 Å². The van der Waals surface area contributed by atoms with Gasteiger partial charge in [-0.1, -0.05) is 118 Å². The van der Waals surface area contributed by atoms with Gasteiger partial charge in [0.2, 0.25) is 0 Å². The average molecular weight is 667 g/mol. The molecule has 0 aliphatic heterocycles. The third-order valence-electron chi connectivity index (χ3n) is 10.4. The summed E-state index contributed by atoms with van der Waals surface area (Å²) in [4.78, 5) is 4.71. The first-order valence-corrected chi connectivity index (χ1v) is 18.0. The molecule has 0 atom stereocenters. The number of aryl methyl sites for hydroxylation is 1. The van der Waals surface area contributed by atoms with Crippen molar-refractivity contribution in [2.45, 2.75) is 53.1 Å². The second kappa shape index (κ2) is 13.2. The average Bonchev–Trinajstić information content (AvgIpc) is 3.16. The molecule has 0 saturated heterocycles. The Bertz CT molecular complexity index is 2440. The summed E-state index contributed by atoms with van der Waals surface area (Å²) in [5.41, 5.74) is 11.1. The largest absolute Gasteiger partial charge is 0.310 e. The van der Waals surface area contributed by atoms with Crippen molar-refractivity contribution in [2.24, 2.45) is 0 Å². The van der Waals surface area contributed by atoms with Crippen LogP contribution in [0.15, 0.2) is 146 Å². The molecular formula is C48H43FN2. The van der Waals surface area contributed by atoms with Gasteiger partial charge >= 0.3 is 0 Å². The third-order valence-corrected chi connectivity index (χ3v) is 10.4. The monoisotopic (exact) mass is 666 g/mol. The normalized spacial score (nSPS) is 11.8. The summed E-state index contributed by atoms with van der Waals surface area (Å²) < 4.78 is 13.6. The van der Waals surface area contributed by atoms with Crippen LogP contribution in [-0.4, -0.2) is 0 Å². The molecule has 0 radical (unpaired) electrons. The van der Waals surface area contributed by atoms with Gasteiger partial charge in [0.15, 0.2) is 0 Å². The zero-order valence-corrected chi connectivity index (χ0v) is 30.0. The van der Waals surface area contributed by atoms with E-state index in [0.29, 0.717) is 17.4 Å². The summed E-state index contributed by atoms with van der Waals surface area (Å²) in [6.07, 6.45) is 0. The van der Waals surface area contributed by atoms with Crippen molar-refractivity contribution in [1.29, 1.82) is 0 Å². The van der Waals surface area contributed by atoms with Crippen LogP contribution in [0.4, 0.5) is 38.5 Å². The van der Waals surface area contributed by atoms with E-state index in [0.717, 1.165) is 34.1 Å². The summed E-state index contributed by atoms with van der Waals surface area (Å²) >= 11 is 0. The standard InChI is InChI=1S/C48H43FN2/c1-31(2)35-10-22-41(23-11-35)50(39-18-6-33(5)7-19-39)45-28-16-37-15-27-44-46(29-17-38-14-26-43(45)47(37)48(38)44)51(40-20-8-34(30-49)9-21-40)42-24-12-36(13-25-42)32(3)4/h6-29,31-32H,30H2,1-5H3. The second-order valence-corrected chi connectivity index (χ2v) is 14.4. The van der Waals surface area contributed by atoms with Crippen molar-refractivity contribution in [1.82, 2.24) is 0 Å². The molecule has 8 rings (SSSR count). The lowest BCUT2D eigenvalue weighted by Gasteiger charge is -2.29. The fraction of sp³-hybridized carbons (Fsp3) is 0.167. The molecule has 0 saturated carbocycles. The minimum atomic E-state index is -0.480. The molecule has 0 N–H and O–H groups in total. The molecule has 252 valence electrons. The van der Waals surface area contributed by atoms with E-state index >= 15 is 0 Å². The Morgan fingerprint density at radius 1 is 0.431 bits per heavy atom. The molecule has 51 heavy (non-hydrogen) atoms. The van der Waals surface area contributed by atoms with Crippen molar-refractivity contribution in [3.8, 4) is 0 Å². The van der Waals surface area contributed by atoms with E-state index in [1.54, 1.807) is 0 Å². The van der Waals surface area contributed by atoms with E-state index in [-0.39, 0.29) is 0 Å². The van der Waals surface area contributed by atoms with Crippen LogP contribution >= 0.6 is 0 Å². The Morgan fingerprint density at radius 2 is 0.784 bits per heavy atom. The molecule has 0 amide bonds. The zero-order chi connectivity index (χ0) is 35.2. The first-order valence-electron chi connectivity index (χ1n) is 18.0. The summed E-state index contributed by atoms with van der Waals surface area (Å²) in [6, 6.07) is 52.6. The Balaban J connectivity index is 1.36. The maximum absolute atomic E-state index is 13.6. The van der Waals surface area contributed by atoms with E-state index in [9.17, 15) is 4.39 Å². The molecule has 2 nitrogen and oxygen atoms in total. The van der Waals surface area contributed by atoms with Crippen LogP contribution in [-0.2, 0) is 6.67 Å². The highest BCUT2D eigenvalue weighted by Gasteiger charge is 2.22. The lowest BCUT2D eigenvalue weighted by atomic mass is 9.91. The minimum Gasteiger partial charge on any atom is -0.310 e. The van der Waals surface area contributed by atoms with Gasteiger partial charge in [-0.15, -0.1) is 0 Å². The van der Waals surface area contributed by atoms with Crippen molar-refractivity contribution in [3.63, 3.8) is 0 Å². The number of halogens is 1. The molecule has 0 aromatic heterocycles. The van der Waals surface area contributed by atoms with Gasteiger partial charge in [-0.3, -0.25) is 0 Å². The SMILES string of the molecule is Cc1ccc(N(c2ccc(C(C)C)cc2)c2ccc3ccc4c(N(c5ccc(CF)cc5)c5ccc(C(C)C)cc5)ccc5ccc2c3c54)cc1. The summed E-state index contributed by atoms with van der Waals surface area (Å²) in [5.74, 6) is 0.901. The molecule has 0 spiro atoms. The highest BCUT2D eigenvalue weighted by Crippen LogP contribution is 2.47. The Morgan fingerprint density at radius 3 is 1.16 bits per heavy atom. The molecule has 0 aliphatic carbocycles. The van der Waals surface area contributed by atoms with Crippen LogP contribution in [0.5, 0.6) is 0 Å². The second-order valence-electron chi connectivity index (χ2n) is 14.4. The first-order chi connectivity index (χ1) is 24.8. The number of hydrogen-bond acceptors (Lipinski definition) is 2. The maximum atomic E-state index is 13.6. The number of rotatable bonds is 9. The predicted octanol–water partition coefficient (Wildman–Crippen LogP) is 14.5. The quantitative estimate of drug-likeness (QED) is 0.141. The number of benzene rings is 8. The van der Waals surface area contributed by atoms with Crippen LogP contribution in [0.3, 0.4) is 0 Å². The fourth-order valence-electron chi connectivity index (χ4n) is 7.46. The van der Waals surface area contributed by atoms with Crippen molar-refractivity contribution < 1.29 is 4.39 Å². The van der Waals surface area contributed by atoms with Crippen molar-refractivity contribution in [3.05, 3.63) is 168 Å². The maximum Gasteiger partial charge on any atom is 0.115 e. The number of hydrogen-bond donors (Lipinski definition) is 0. The van der Waals surface area contributed by atoms with E-state index in [2.05, 4.69) is 166 Å². The highest BCUT2D eigenvalue weighted by molar-refractivity contribution is 6.28. The van der Waals surface area contributed by atoms with Crippen LogP contribution in [0.25, 0.3) is 32.3 Å². The van der Waals surface area contributed by atoms with Gasteiger partial charge in [0.05, 0.1) is 11.4 Å². The predicted molar refractivity (Wildman–Crippen MR) is 217 cm³/mol. The van der Waals surface area contributed by atoms with Crippen molar-refractivity contribution >= 4 is 66.4 Å². The fourth-order valence-corrected chi connectivity index (χ4v) is 7.46. The topological polar surface area (TPSA) is 6.48 Å². The van der Waals surface area contributed by atoms with Gasteiger partial charge in [-0.25, -0.2) is 4.39 Å². The van der Waals surface area contributed by atoms with Gasteiger partial charge < -0.3 is 9.80 Å².